The first-order valence-electron chi connectivity index (χ1n) is 7.13. The van der Waals surface area contributed by atoms with Crippen LogP contribution in [0.25, 0.3) is 0 Å². The van der Waals surface area contributed by atoms with Crippen molar-refractivity contribution in [1.29, 1.82) is 0 Å². The fraction of sp³-hybridized carbons (Fsp3) is 0.562. The van der Waals surface area contributed by atoms with E-state index in [0.29, 0.717) is 11.0 Å². The van der Waals surface area contributed by atoms with Crippen molar-refractivity contribution in [3.8, 4) is 5.75 Å². The molecule has 1 unspecified atom stereocenters. The van der Waals surface area contributed by atoms with Crippen LogP contribution in [-0.4, -0.2) is 22.5 Å². The molecule has 116 valence electrons. The van der Waals surface area contributed by atoms with Crippen LogP contribution in [-0.2, 0) is 9.36 Å². The molecule has 1 amide bonds. The Morgan fingerprint density at radius 1 is 1.19 bits per heavy atom. The lowest BCUT2D eigenvalue weighted by molar-refractivity contribution is -0.125. The van der Waals surface area contributed by atoms with Gasteiger partial charge in [-0.25, -0.2) is 0 Å². The molecule has 0 saturated carbocycles. The summed E-state index contributed by atoms with van der Waals surface area (Å²) in [5.74, 6) is -0.0497. The maximum Gasteiger partial charge on any atom is 0.232 e. The van der Waals surface area contributed by atoms with E-state index in [2.05, 4.69) is 0 Å². The lowest BCUT2D eigenvalue weighted by atomic mass is 9.95. The lowest BCUT2D eigenvalue weighted by Gasteiger charge is -2.30. The van der Waals surface area contributed by atoms with Gasteiger partial charge >= 0.3 is 0 Å². The Labute approximate surface area is 126 Å². The number of hydrogen-bond acceptors (Lipinski definition) is 3. The maximum atomic E-state index is 13.6. The first-order chi connectivity index (χ1) is 9.39. The Morgan fingerprint density at radius 3 is 2.24 bits per heavy atom. The summed E-state index contributed by atoms with van der Waals surface area (Å²) in [6.45, 7) is 11.2. The quantitative estimate of drug-likeness (QED) is 0.746. The highest BCUT2D eigenvalue weighted by Gasteiger charge is 2.50. The van der Waals surface area contributed by atoms with Crippen molar-refractivity contribution >= 4 is 24.0 Å². The largest absolute Gasteiger partial charge is 0.507 e. The lowest BCUT2D eigenvalue weighted by Crippen LogP contribution is -2.38. The molecule has 1 atom stereocenters. The molecule has 0 radical (unpaired) electrons. The minimum absolute atomic E-state index is 0.0231. The van der Waals surface area contributed by atoms with E-state index in [9.17, 15) is 14.5 Å². The molecule has 1 aromatic rings. The first kappa shape index (κ1) is 16.1. The fourth-order valence-electron chi connectivity index (χ4n) is 2.58. The number of benzene rings is 1. The number of anilines is 1. The number of nitrogens with zero attached hydrogens (tertiary/aromatic N) is 1. The number of carbonyl (C=O) groups is 1. The highest BCUT2D eigenvalue weighted by Crippen LogP contribution is 2.64. The van der Waals surface area contributed by atoms with E-state index in [-0.39, 0.29) is 17.9 Å². The van der Waals surface area contributed by atoms with Crippen LogP contribution in [0.5, 0.6) is 5.75 Å². The first-order valence-corrected chi connectivity index (χ1v) is 9.02. The third-order valence-electron chi connectivity index (χ3n) is 3.96. The number of carbonyl (C=O) groups excluding carboxylic acids is 1. The summed E-state index contributed by atoms with van der Waals surface area (Å²) in [5, 5.41) is 10.2. The predicted octanol–water partition coefficient (Wildman–Crippen LogP) is 3.53. The summed E-state index contributed by atoms with van der Waals surface area (Å²) in [7, 11) is -2.91. The van der Waals surface area contributed by atoms with Gasteiger partial charge in [0.2, 0.25) is 5.91 Å². The van der Waals surface area contributed by atoms with Crippen molar-refractivity contribution in [3.63, 3.8) is 0 Å². The smallest absolute Gasteiger partial charge is 0.232 e. The Morgan fingerprint density at radius 2 is 1.76 bits per heavy atom. The standard InChI is InChI=1S/C16H24NO3P/c1-15(2,3)14(19)17-10-21(20,16(4,5)6)13-11(17)8-7-9-12(13)18/h7-9,18H,10H2,1-6H3. The second-order valence-corrected chi connectivity index (χ2v) is 11.2. The molecule has 5 heteroatoms. The molecule has 1 aromatic carbocycles. The SMILES string of the molecule is CC(C)(C)C(=O)N1CP(=O)(C(C)(C)C)c2c(O)cccc21. The average molecular weight is 309 g/mol. The Kier molecular flexibility index (Phi) is 3.53. The van der Waals surface area contributed by atoms with E-state index < -0.39 is 17.7 Å². The second-order valence-electron chi connectivity index (χ2n) is 7.68. The molecule has 0 aliphatic carbocycles. The van der Waals surface area contributed by atoms with Gasteiger partial charge in [0, 0.05) is 10.6 Å². The molecule has 1 N–H and O–H groups in total. The predicted molar refractivity (Wildman–Crippen MR) is 86.9 cm³/mol. The van der Waals surface area contributed by atoms with Gasteiger partial charge in [0.05, 0.1) is 17.3 Å². The minimum Gasteiger partial charge on any atom is -0.507 e. The van der Waals surface area contributed by atoms with Gasteiger partial charge in [0.15, 0.2) is 0 Å². The number of phenolic OH excluding ortho intramolecular Hbond substituents is 1. The molecule has 0 fully saturated rings. The van der Waals surface area contributed by atoms with Crippen LogP contribution < -0.4 is 10.2 Å². The average Bonchev–Trinajstić information content (AvgIpc) is 2.63. The van der Waals surface area contributed by atoms with Gasteiger partial charge in [0.25, 0.3) is 0 Å². The van der Waals surface area contributed by atoms with E-state index in [1.54, 1.807) is 23.1 Å². The van der Waals surface area contributed by atoms with E-state index in [4.69, 9.17) is 0 Å². The molecular formula is C16H24NO3P. The molecule has 1 heterocycles. The van der Waals surface area contributed by atoms with E-state index in [1.165, 1.54) is 0 Å². The van der Waals surface area contributed by atoms with Crippen LogP contribution >= 0.6 is 7.14 Å². The summed E-state index contributed by atoms with van der Waals surface area (Å²) < 4.78 is 13.6. The second kappa shape index (κ2) is 4.61. The third-order valence-corrected chi connectivity index (χ3v) is 7.99. The van der Waals surface area contributed by atoms with Crippen LogP contribution in [0.1, 0.15) is 41.5 Å². The molecule has 0 aromatic heterocycles. The summed E-state index contributed by atoms with van der Waals surface area (Å²) in [4.78, 5) is 14.3. The van der Waals surface area contributed by atoms with Gasteiger partial charge in [-0.15, -0.1) is 0 Å². The van der Waals surface area contributed by atoms with Crippen molar-refractivity contribution in [3.05, 3.63) is 18.2 Å². The molecule has 1 aliphatic rings. The van der Waals surface area contributed by atoms with E-state index >= 15 is 0 Å². The van der Waals surface area contributed by atoms with E-state index in [0.717, 1.165) is 0 Å². The fourth-order valence-corrected chi connectivity index (χ4v) is 5.51. The zero-order valence-electron chi connectivity index (χ0n) is 13.6. The Bertz CT molecular complexity index is 638. The van der Waals surface area contributed by atoms with Gasteiger partial charge in [0.1, 0.15) is 12.9 Å². The highest BCUT2D eigenvalue weighted by atomic mass is 31.2. The van der Waals surface area contributed by atoms with Gasteiger partial charge < -0.3 is 14.6 Å². The number of phenols is 1. The van der Waals surface area contributed by atoms with Crippen LogP contribution in [0.3, 0.4) is 0 Å². The van der Waals surface area contributed by atoms with Crippen LogP contribution in [0, 0.1) is 5.41 Å². The van der Waals surface area contributed by atoms with Gasteiger partial charge in [-0.2, -0.15) is 0 Å². The molecule has 0 bridgehead atoms. The maximum absolute atomic E-state index is 13.6. The van der Waals surface area contributed by atoms with Crippen molar-refractivity contribution in [2.45, 2.75) is 46.7 Å². The summed E-state index contributed by atoms with van der Waals surface area (Å²) in [6.07, 6.45) is 0.166. The number of hydrogen-bond donors (Lipinski definition) is 1. The molecule has 0 saturated heterocycles. The van der Waals surface area contributed by atoms with Crippen molar-refractivity contribution in [2.24, 2.45) is 5.41 Å². The number of aromatic hydroxyl groups is 1. The number of amides is 1. The molecule has 4 nitrogen and oxygen atoms in total. The van der Waals surface area contributed by atoms with Crippen molar-refractivity contribution in [1.82, 2.24) is 0 Å². The number of fused-ring (bicyclic) bond motifs is 1. The Hall–Kier alpha value is -1.28. The van der Waals surface area contributed by atoms with Crippen molar-refractivity contribution < 1.29 is 14.5 Å². The molecule has 0 spiro atoms. The van der Waals surface area contributed by atoms with Crippen LogP contribution in [0.15, 0.2) is 18.2 Å². The Balaban J connectivity index is 2.67. The minimum atomic E-state index is -2.91. The van der Waals surface area contributed by atoms with Crippen LogP contribution in [0.2, 0.25) is 0 Å². The molecule has 21 heavy (non-hydrogen) atoms. The summed E-state index contributed by atoms with van der Waals surface area (Å²) in [6, 6.07) is 5.00. The van der Waals surface area contributed by atoms with E-state index in [1.807, 2.05) is 41.5 Å². The highest BCUT2D eigenvalue weighted by molar-refractivity contribution is 7.74. The molecular weight excluding hydrogens is 285 g/mol. The van der Waals surface area contributed by atoms with Gasteiger partial charge in [-0.1, -0.05) is 47.6 Å². The van der Waals surface area contributed by atoms with Gasteiger partial charge in [-0.05, 0) is 12.1 Å². The zero-order valence-corrected chi connectivity index (χ0v) is 14.5. The monoisotopic (exact) mass is 309 g/mol. The zero-order chi connectivity index (χ0) is 16.2. The topological polar surface area (TPSA) is 57.6 Å². The van der Waals surface area contributed by atoms with Crippen molar-refractivity contribution in [2.75, 3.05) is 11.2 Å². The van der Waals surface area contributed by atoms with Gasteiger partial charge in [-0.3, -0.25) is 4.79 Å². The van der Waals surface area contributed by atoms with Crippen LogP contribution in [0.4, 0.5) is 5.69 Å². The molecule has 2 rings (SSSR count). The normalized spacial score (nSPS) is 22.3. The third kappa shape index (κ3) is 2.40. The summed E-state index contributed by atoms with van der Waals surface area (Å²) in [5.41, 5.74) is 0.0312. The summed E-state index contributed by atoms with van der Waals surface area (Å²) >= 11 is 0. The molecule has 1 aliphatic heterocycles. The number of rotatable bonds is 0.